The van der Waals surface area contributed by atoms with Gasteiger partial charge in [0.1, 0.15) is 11.3 Å². The van der Waals surface area contributed by atoms with E-state index in [-0.39, 0.29) is 0 Å². The van der Waals surface area contributed by atoms with Crippen LogP contribution in [0, 0.1) is 0 Å². The third kappa shape index (κ3) is 2.45. The van der Waals surface area contributed by atoms with Gasteiger partial charge in [-0.15, -0.1) is 0 Å². The lowest BCUT2D eigenvalue weighted by Gasteiger charge is -2.01. The number of anilines is 1. The van der Waals surface area contributed by atoms with Crippen molar-refractivity contribution in [2.75, 3.05) is 12.8 Å². The molecule has 1 aromatic heterocycles. The van der Waals surface area contributed by atoms with Crippen LogP contribution in [0.3, 0.4) is 0 Å². The van der Waals surface area contributed by atoms with Crippen LogP contribution in [-0.4, -0.2) is 12.1 Å². The zero-order valence-corrected chi connectivity index (χ0v) is 11.3. The molecular formula is C16H16N2O2. The van der Waals surface area contributed by atoms with E-state index in [4.69, 9.17) is 14.9 Å². The summed E-state index contributed by atoms with van der Waals surface area (Å²) in [7, 11) is 1.66. The van der Waals surface area contributed by atoms with Crippen molar-refractivity contribution in [1.29, 1.82) is 0 Å². The summed E-state index contributed by atoms with van der Waals surface area (Å²) >= 11 is 0. The van der Waals surface area contributed by atoms with Crippen LogP contribution in [0.25, 0.3) is 11.1 Å². The van der Waals surface area contributed by atoms with Crippen LogP contribution in [0.15, 0.2) is 46.9 Å². The molecule has 0 bridgehead atoms. The van der Waals surface area contributed by atoms with Gasteiger partial charge in [0.2, 0.25) is 0 Å². The molecule has 3 rings (SSSR count). The quantitative estimate of drug-likeness (QED) is 0.738. The molecule has 0 fully saturated rings. The summed E-state index contributed by atoms with van der Waals surface area (Å²) in [6.45, 7) is 0. The minimum Gasteiger partial charge on any atom is -0.497 e. The molecule has 3 aromatic rings. The van der Waals surface area contributed by atoms with Gasteiger partial charge in [0.25, 0.3) is 0 Å². The minimum absolute atomic E-state index is 0.655. The molecule has 102 valence electrons. The van der Waals surface area contributed by atoms with E-state index < -0.39 is 0 Å². The Morgan fingerprint density at radius 1 is 1.10 bits per heavy atom. The number of hydrogen-bond donors (Lipinski definition) is 1. The number of nitrogen functional groups attached to an aromatic ring is 1. The maximum atomic E-state index is 5.87. The summed E-state index contributed by atoms with van der Waals surface area (Å²) in [4.78, 5) is 4.44. The van der Waals surface area contributed by atoms with Gasteiger partial charge in [-0.1, -0.05) is 18.2 Å². The lowest BCUT2D eigenvalue weighted by molar-refractivity contribution is 0.414. The first kappa shape index (κ1) is 12.5. The second-order valence-electron chi connectivity index (χ2n) is 4.65. The van der Waals surface area contributed by atoms with E-state index in [0.717, 1.165) is 29.7 Å². The summed E-state index contributed by atoms with van der Waals surface area (Å²) in [6, 6.07) is 13.6. The highest BCUT2D eigenvalue weighted by molar-refractivity contribution is 5.85. The number of ether oxygens (including phenoxy) is 1. The highest BCUT2D eigenvalue weighted by atomic mass is 16.5. The van der Waals surface area contributed by atoms with E-state index in [9.17, 15) is 0 Å². The molecule has 0 spiro atoms. The number of rotatable bonds is 4. The molecule has 4 heteroatoms. The van der Waals surface area contributed by atoms with Crippen LogP contribution in [0.4, 0.5) is 5.69 Å². The Balaban J connectivity index is 1.74. The zero-order valence-electron chi connectivity index (χ0n) is 11.3. The summed E-state index contributed by atoms with van der Waals surface area (Å²) in [5.74, 6) is 1.58. The number of aromatic nitrogens is 1. The Bertz CT molecular complexity index is 717. The maximum Gasteiger partial charge on any atom is 0.195 e. The number of benzene rings is 2. The van der Waals surface area contributed by atoms with Crippen LogP contribution in [0.1, 0.15) is 11.5 Å². The van der Waals surface area contributed by atoms with Gasteiger partial charge in [-0.3, -0.25) is 0 Å². The van der Waals surface area contributed by atoms with Gasteiger partial charge < -0.3 is 14.9 Å². The second-order valence-corrected chi connectivity index (χ2v) is 4.65. The maximum absolute atomic E-state index is 5.87. The molecule has 0 atom stereocenters. The van der Waals surface area contributed by atoms with E-state index in [1.165, 1.54) is 5.56 Å². The molecule has 2 aromatic carbocycles. The second kappa shape index (κ2) is 5.25. The number of nitrogens with zero attached hydrogens (tertiary/aromatic N) is 1. The Labute approximate surface area is 117 Å². The van der Waals surface area contributed by atoms with Crippen molar-refractivity contribution in [3.8, 4) is 5.75 Å². The topological polar surface area (TPSA) is 61.3 Å². The lowest BCUT2D eigenvalue weighted by atomic mass is 10.1. The smallest absolute Gasteiger partial charge is 0.195 e. The van der Waals surface area contributed by atoms with Gasteiger partial charge >= 0.3 is 0 Å². The Morgan fingerprint density at radius 2 is 1.90 bits per heavy atom. The van der Waals surface area contributed by atoms with Crippen LogP contribution in [0.2, 0.25) is 0 Å². The van der Waals surface area contributed by atoms with Crippen molar-refractivity contribution in [3.63, 3.8) is 0 Å². The van der Waals surface area contributed by atoms with E-state index in [2.05, 4.69) is 17.1 Å². The van der Waals surface area contributed by atoms with Crippen LogP contribution in [0.5, 0.6) is 5.75 Å². The Kier molecular flexibility index (Phi) is 3.29. The van der Waals surface area contributed by atoms with Crippen molar-refractivity contribution in [3.05, 3.63) is 53.9 Å². The highest BCUT2D eigenvalue weighted by Gasteiger charge is 2.08. The SMILES string of the molecule is COc1ccc(CCc2nc3c(N)cccc3o2)cc1. The molecule has 0 radical (unpaired) electrons. The first-order valence-electron chi connectivity index (χ1n) is 6.53. The molecule has 1 heterocycles. The molecule has 0 saturated heterocycles. The molecule has 0 aliphatic carbocycles. The predicted molar refractivity (Wildman–Crippen MR) is 78.8 cm³/mol. The molecule has 0 unspecified atom stereocenters. The van der Waals surface area contributed by atoms with Gasteiger partial charge in [-0.2, -0.15) is 0 Å². The molecule has 2 N–H and O–H groups in total. The lowest BCUT2D eigenvalue weighted by Crippen LogP contribution is -1.92. The largest absolute Gasteiger partial charge is 0.497 e. The van der Waals surface area contributed by atoms with E-state index in [1.807, 2.05) is 30.3 Å². The number of nitrogens with two attached hydrogens (primary N) is 1. The number of methoxy groups -OCH3 is 1. The van der Waals surface area contributed by atoms with Gasteiger partial charge in [0.15, 0.2) is 11.5 Å². The summed E-state index contributed by atoms with van der Waals surface area (Å²) in [5, 5.41) is 0. The highest BCUT2D eigenvalue weighted by Crippen LogP contribution is 2.22. The first-order chi connectivity index (χ1) is 9.76. The van der Waals surface area contributed by atoms with E-state index in [1.54, 1.807) is 7.11 Å². The van der Waals surface area contributed by atoms with Gasteiger partial charge in [-0.05, 0) is 36.2 Å². The van der Waals surface area contributed by atoms with Gasteiger partial charge in [-0.25, -0.2) is 4.98 Å². The summed E-state index contributed by atoms with van der Waals surface area (Å²) in [6.07, 6.45) is 1.62. The average molecular weight is 268 g/mol. The van der Waals surface area contributed by atoms with Crippen LogP contribution >= 0.6 is 0 Å². The van der Waals surface area contributed by atoms with Crippen molar-refractivity contribution in [2.45, 2.75) is 12.8 Å². The number of para-hydroxylation sites is 1. The normalized spacial score (nSPS) is 10.8. The van der Waals surface area contributed by atoms with Crippen LogP contribution in [-0.2, 0) is 12.8 Å². The Morgan fingerprint density at radius 3 is 2.60 bits per heavy atom. The van der Waals surface area contributed by atoms with Gasteiger partial charge in [0.05, 0.1) is 12.8 Å². The van der Waals surface area contributed by atoms with E-state index in [0.29, 0.717) is 11.6 Å². The summed E-state index contributed by atoms with van der Waals surface area (Å²) in [5.41, 5.74) is 9.24. The monoisotopic (exact) mass is 268 g/mol. The predicted octanol–water partition coefficient (Wildman–Crippen LogP) is 3.20. The fraction of sp³-hybridized carbons (Fsp3) is 0.188. The number of fused-ring (bicyclic) bond motifs is 1. The average Bonchev–Trinajstić information content (AvgIpc) is 2.90. The molecule has 20 heavy (non-hydrogen) atoms. The van der Waals surface area contributed by atoms with Gasteiger partial charge in [0, 0.05) is 6.42 Å². The molecule has 0 saturated carbocycles. The Hall–Kier alpha value is -2.49. The zero-order chi connectivity index (χ0) is 13.9. The number of hydrogen-bond acceptors (Lipinski definition) is 4. The number of aryl methyl sites for hydroxylation is 2. The number of oxazole rings is 1. The van der Waals surface area contributed by atoms with Crippen molar-refractivity contribution < 1.29 is 9.15 Å². The fourth-order valence-corrected chi connectivity index (χ4v) is 2.17. The molecule has 0 aliphatic heterocycles. The van der Waals surface area contributed by atoms with E-state index >= 15 is 0 Å². The minimum atomic E-state index is 0.655. The molecule has 0 amide bonds. The van der Waals surface area contributed by atoms with Crippen molar-refractivity contribution >= 4 is 16.8 Å². The summed E-state index contributed by atoms with van der Waals surface area (Å²) < 4.78 is 10.8. The van der Waals surface area contributed by atoms with Crippen molar-refractivity contribution in [1.82, 2.24) is 4.98 Å². The fourth-order valence-electron chi connectivity index (χ4n) is 2.17. The van der Waals surface area contributed by atoms with Crippen LogP contribution < -0.4 is 10.5 Å². The first-order valence-corrected chi connectivity index (χ1v) is 6.53. The third-order valence-corrected chi connectivity index (χ3v) is 3.28. The molecular weight excluding hydrogens is 252 g/mol. The standard InChI is InChI=1S/C16H16N2O2/c1-19-12-8-5-11(6-9-12)7-10-15-18-16-13(17)3-2-4-14(16)20-15/h2-6,8-9H,7,10,17H2,1H3. The third-order valence-electron chi connectivity index (χ3n) is 3.28. The molecule has 4 nitrogen and oxygen atoms in total. The molecule has 0 aliphatic rings. The van der Waals surface area contributed by atoms with Crippen molar-refractivity contribution in [2.24, 2.45) is 0 Å².